The molecule has 26 heavy (non-hydrogen) atoms. The molecule has 0 aromatic carbocycles. The van der Waals surface area contributed by atoms with Gasteiger partial charge in [-0.15, -0.1) is 0 Å². The zero-order chi connectivity index (χ0) is 18.5. The van der Waals surface area contributed by atoms with Crippen molar-refractivity contribution in [2.75, 3.05) is 39.3 Å². The molecular weight excluding hydrogens is 334 g/mol. The summed E-state index contributed by atoms with van der Waals surface area (Å²) in [6, 6.07) is -0.0551. The zero-order valence-electron chi connectivity index (χ0n) is 15.5. The quantitative estimate of drug-likeness (QED) is 0.660. The molecule has 0 radical (unpaired) electrons. The Bertz CT molecular complexity index is 755. The molecule has 1 aromatic heterocycles. The van der Waals surface area contributed by atoms with E-state index in [9.17, 15) is 14.7 Å². The van der Waals surface area contributed by atoms with Crippen LogP contribution < -0.4 is 16.6 Å². The van der Waals surface area contributed by atoms with E-state index in [0.717, 1.165) is 64.8 Å². The van der Waals surface area contributed by atoms with E-state index >= 15 is 0 Å². The van der Waals surface area contributed by atoms with Crippen molar-refractivity contribution in [3.05, 3.63) is 26.4 Å². The highest BCUT2D eigenvalue weighted by atomic mass is 16.3. The lowest BCUT2D eigenvalue weighted by Gasteiger charge is -2.26. The van der Waals surface area contributed by atoms with E-state index in [1.807, 2.05) is 0 Å². The van der Waals surface area contributed by atoms with Crippen molar-refractivity contribution in [1.29, 1.82) is 0 Å². The summed E-state index contributed by atoms with van der Waals surface area (Å²) in [6.45, 7) is 7.05. The maximum absolute atomic E-state index is 12.3. The van der Waals surface area contributed by atoms with Crippen molar-refractivity contribution in [1.82, 2.24) is 19.8 Å². The number of aromatic amines is 1. The van der Waals surface area contributed by atoms with Gasteiger partial charge in [-0.05, 0) is 19.8 Å². The molecule has 144 valence electrons. The monoisotopic (exact) mass is 363 g/mol. The summed E-state index contributed by atoms with van der Waals surface area (Å²) < 4.78 is 1.35. The maximum atomic E-state index is 12.3. The van der Waals surface area contributed by atoms with Crippen LogP contribution in [0.15, 0.2) is 14.6 Å². The van der Waals surface area contributed by atoms with Crippen LogP contribution >= 0.6 is 0 Å². The first-order valence-corrected chi connectivity index (χ1v) is 9.60. The van der Waals surface area contributed by atoms with Gasteiger partial charge in [-0.25, -0.2) is 4.79 Å². The molecule has 2 heterocycles. The summed E-state index contributed by atoms with van der Waals surface area (Å²) in [5.74, 6) is -0.242. The Balaban J connectivity index is 1.80. The number of aliphatic imine (C=N–C) groups is 1. The second kappa shape index (κ2) is 8.64. The maximum Gasteiger partial charge on any atom is 0.331 e. The molecule has 1 saturated heterocycles. The van der Waals surface area contributed by atoms with E-state index in [0.29, 0.717) is 12.3 Å². The number of nitrogens with one attached hydrogen (secondary N) is 2. The van der Waals surface area contributed by atoms with Crippen LogP contribution in [0, 0.1) is 0 Å². The first-order valence-electron chi connectivity index (χ1n) is 9.60. The Hall–Kier alpha value is -1.93. The minimum atomic E-state index is -0.567. The van der Waals surface area contributed by atoms with E-state index in [1.54, 1.807) is 6.92 Å². The molecule has 0 spiro atoms. The predicted molar refractivity (Wildman–Crippen MR) is 101 cm³/mol. The van der Waals surface area contributed by atoms with Crippen molar-refractivity contribution < 1.29 is 5.11 Å². The van der Waals surface area contributed by atoms with E-state index in [4.69, 9.17) is 0 Å². The van der Waals surface area contributed by atoms with Crippen LogP contribution in [0.4, 0.5) is 0 Å². The first kappa shape index (κ1) is 18.8. The van der Waals surface area contributed by atoms with E-state index < -0.39 is 11.2 Å². The van der Waals surface area contributed by atoms with Gasteiger partial charge in [0, 0.05) is 44.5 Å². The van der Waals surface area contributed by atoms with Crippen LogP contribution in [0.5, 0.6) is 5.88 Å². The second-order valence-electron chi connectivity index (χ2n) is 7.18. The molecule has 0 bridgehead atoms. The average molecular weight is 363 g/mol. The molecule has 1 aromatic rings. The molecule has 3 N–H and O–H groups in total. The average Bonchev–Trinajstić information content (AvgIpc) is 2.63. The molecule has 0 amide bonds. The topological polar surface area (TPSA) is 103 Å². The van der Waals surface area contributed by atoms with Crippen LogP contribution in [0.2, 0.25) is 0 Å². The molecule has 3 rings (SSSR count). The number of aromatic hydroxyl groups is 1. The van der Waals surface area contributed by atoms with Gasteiger partial charge in [0.25, 0.3) is 5.56 Å². The van der Waals surface area contributed by atoms with E-state index in [2.05, 4.69) is 20.2 Å². The van der Waals surface area contributed by atoms with Crippen LogP contribution in [0.25, 0.3) is 0 Å². The fraction of sp³-hybridized carbons (Fsp3) is 0.722. The summed E-state index contributed by atoms with van der Waals surface area (Å²) in [4.78, 5) is 33.7. The van der Waals surface area contributed by atoms with Crippen LogP contribution in [-0.4, -0.2) is 64.5 Å². The van der Waals surface area contributed by atoms with Gasteiger partial charge in [0.05, 0.1) is 6.54 Å². The largest absolute Gasteiger partial charge is 0.494 e. The standard InChI is InChI=1S/C18H29N5O3/c1-13(20-9-12-22-10-7-19-8-11-22)15-16(24)21-18(26)23(17(15)25)14-5-3-2-4-6-14/h14,19,25H,2-12H2,1H3,(H,21,24,26). The lowest BCUT2D eigenvalue weighted by Crippen LogP contribution is -2.44. The van der Waals surface area contributed by atoms with Gasteiger partial charge in [0.1, 0.15) is 5.56 Å². The SMILES string of the molecule is CC(=NCCN1CCNCC1)c1c(O)n(C2CCCCC2)c(=O)[nH]c1=O. The number of nitrogens with zero attached hydrogens (tertiary/aromatic N) is 3. The summed E-state index contributed by atoms with van der Waals surface area (Å²) in [7, 11) is 0. The fourth-order valence-electron chi connectivity index (χ4n) is 3.92. The fourth-order valence-corrected chi connectivity index (χ4v) is 3.92. The molecule has 8 heteroatoms. The summed E-state index contributed by atoms with van der Waals surface area (Å²) in [5.41, 5.74) is -0.501. The lowest BCUT2D eigenvalue weighted by atomic mass is 9.95. The van der Waals surface area contributed by atoms with Crippen molar-refractivity contribution in [3.8, 4) is 5.88 Å². The number of rotatable bonds is 5. The molecule has 1 aliphatic carbocycles. The van der Waals surface area contributed by atoms with Gasteiger partial charge in [-0.1, -0.05) is 19.3 Å². The second-order valence-corrected chi connectivity index (χ2v) is 7.18. The van der Waals surface area contributed by atoms with E-state index in [1.165, 1.54) is 4.57 Å². The molecule has 1 aliphatic heterocycles. The van der Waals surface area contributed by atoms with Gasteiger partial charge in [-0.3, -0.25) is 24.2 Å². The van der Waals surface area contributed by atoms with Gasteiger partial charge >= 0.3 is 5.69 Å². The molecule has 0 atom stereocenters. The van der Waals surface area contributed by atoms with Crippen molar-refractivity contribution in [2.24, 2.45) is 4.99 Å². The third-order valence-corrected chi connectivity index (χ3v) is 5.39. The minimum Gasteiger partial charge on any atom is -0.494 e. The van der Waals surface area contributed by atoms with Gasteiger partial charge in [0.2, 0.25) is 5.88 Å². The Kier molecular flexibility index (Phi) is 6.26. The zero-order valence-corrected chi connectivity index (χ0v) is 15.5. The predicted octanol–water partition coefficient (Wildman–Crippen LogP) is 0.462. The highest BCUT2D eigenvalue weighted by Gasteiger charge is 2.23. The summed E-state index contributed by atoms with van der Waals surface area (Å²) in [5, 5.41) is 14.0. The Morgan fingerprint density at radius 2 is 1.88 bits per heavy atom. The molecule has 1 saturated carbocycles. The Labute approximate surface area is 153 Å². The summed E-state index contributed by atoms with van der Waals surface area (Å²) >= 11 is 0. The third kappa shape index (κ3) is 4.24. The highest BCUT2D eigenvalue weighted by Crippen LogP contribution is 2.30. The molecule has 0 unspecified atom stereocenters. The van der Waals surface area contributed by atoms with Crippen LogP contribution in [0.3, 0.4) is 0 Å². The van der Waals surface area contributed by atoms with Crippen molar-refractivity contribution in [2.45, 2.75) is 45.1 Å². The van der Waals surface area contributed by atoms with Gasteiger partial charge in [-0.2, -0.15) is 0 Å². The lowest BCUT2D eigenvalue weighted by molar-refractivity contribution is 0.247. The Morgan fingerprint density at radius 3 is 2.58 bits per heavy atom. The van der Waals surface area contributed by atoms with E-state index in [-0.39, 0.29) is 17.5 Å². The number of hydrogen-bond acceptors (Lipinski definition) is 6. The smallest absolute Gasteiger partial charge is 0.331 e. The highest BCUT2D eigenvalue weighted by molar-refractivity contribution is 6.00. The number of aromatic nitrogens is 2. The number of H-pyrrole nitrogens is 1. The first-order chi connectivity index (χ1) is 12.6. The molecule has 2 fully saturated rings. The van der Waals surface area contributed by atoms with Crippen molar-refractivity contribution >= 4 is 5.71 Å². The Morgan fingerprint density at radius 1 is 1.19 bits per heavy atom. The third-order valence-electron chi connectivity index (χ3n) is 5.39. The molecule has 8 nitrogen and oxygen atoms in total. The minimum absolute atomic E-state index is 0.0551. The van der Waals surface area contributed by atoms with Crippen molar-refractivity contribution in [3.63, 3.8) is 0 Å². The number of hydrogen-bond donors (Lipinski definition) is 3. The normalized spacial score (nSPS) is 20.4. The number of piperazine rings is 1. The summed E-state index contributed by atoms with van der Waals surface area (Å²) in [6.07, 6.45) is 4.90. The molecular formula is C18H29N5O3. The van der Waals surface area contributed by atoms with Crippen LogP contribution in [-0.2, 0) is 0 Å². The van der Waals surface area contributed by atoms with Gasteiger partial charge < -0.3 is 10.4 Å². The van der Waals surface area contributed by atoms with Crippen LogP contribution in [0.1, 0.15) is 50.6 Å². The molecule has 2 aliphatic rings. The van der Waals surface area contributed by atoms with Gasteiger partial charge in [0.15, 0.2) is 0 Å².